The summed E-state index contributed by atoms with van der Waals surface area (Å²) in [6.45, 7) is 2.24. The minimum atomic E-state index is -0.237. The number of hydrogen-bond donors (Lipinski definition) is 3. The van der Waals surface area contributed by atoms with E-state index < -0.39 is 0 Å². The number of quaternary nitrogens is 1. The lowest BCUT2D eigenvalue weighted by molar-refractivity contribution is -0.907. The minimum absolute atomic E-state index is 0.0272. The van der Waals surface area contributed by atoms with Crippen molar-refractivity contribution in [2.45, 2.75) is 13.0 Å². The number of para-hydroxylation sites is 2. The van der Waals surface area contributed by atoms with E-state index in [2.05, 4.69) is 28.8 Å². The van der Waals surface area contributed by atoms with Crippen molar-refractivity contribution in [3.8, 4) is 5.75 Å². The average Bonchev–Trinajstić information content (AvgIpc) is 2.79. The number of fused-ring (bicyclic) bond motifs is 1. The second-order valence-corrected chi connectivity index (χ2v) is 7.65. The molecule has 0 saturated carbocycles. The molecular weight excluding hydrogens is 390 g/mol. The average molecular weight is 417 g/mol. The van der Waals surface area contributed by atoms with Gasteiger partial charge in [-0.15, -0.1) is 0 Å². The Hall–Kier alpha value is -3.64. The van der Waals surface area contributed by atoms with Gasteiger partial charge in [0, 0.05) is 23.2 Å². The Bertz CT molecular complexity index is 1080. The van der Waals surface area contributed by atoms with Crippen LogP contribution in [-0.4, -0.2) is 32.0 Å². The van der Waals surface area contributed by atoms with E-state index in [9.17, 15) is 9.59 Å². The molecule has 2 amide bonds. The van der Waals surface area contributed by atoms with Crippen molar-refractivity contribution < 1.29 is 19.2 Å². The number of carbonyl (C=O) groups is 2. The van der Waals surface area contributed by atoms with Crippen LogP contribution in [0.3, 0.4) is 0 Å². The fourth-order valence-electron chi connectivity index (χ4n) is 3.87. The van der Waals surface area contributed by atoms with Crippen LogP contribution in [0.5, 0.6) is 5.75 Å². The van der Waals surface area contributed by atoms with E-state index in [0.717, 1.165) is 19.5 Å². The fourth-order valence-corrected chi connectivity index (χ4v) is 3.87. The summed E-state index contributed by atoms with van der Waals surface area (Å²) in [5.74, 6) is 0.335. The Morgan fingerprint density at radius 1 is 0.903 bits per heavy atom. The molecule has 1 atom stereocenters. The smallest absolute Gasteiger partial charge is 0.279 e. The van der Waals surface area contributed by atoms with Gasteiger partial charge in [0.05, 0.1) is 19.3 Å². The molecule has 0 aromatic heterocycles. The van der Waals surface area contributed by atoms with E-state index in [1.54, 1.807) is 43.5 Å². The molecule has 0 saturated heterocycles. The lowest BCUT2D eigenvalue weighted by atomic mass is 10.00. The number of anilines is 2. The van der Waals surface area contributed by atoms with Crippen LogP contribution in [0.4, 0.5) is 11.4 Å². The van der Waals surface area contributed by atoms with Crippen LogP contribution in [0.1, 0.15) is 21.5 Å². The zero-order chi connectivity index (χ0) is 21.6. The number of benzene rings is 3. The molecule has 0 bridgehead atoms. The van der Waals surface area contributed by atoms with E-state index in [1.807, 2.05) is 18.2 Å². The van der Waals surface area contributed by atoms with E-state index in [4.69, 9.17) is 4.74 Å². The topological polar surface area (TPSA) is 71.9 Å². The zero-order valence-corrected chi connectivity index (χ0v) is 17.5. The van der Waals surface area contributed by atoms with Crippen molar-refractivity contribution in [3.63, 3.8) is 0 Å². The van der Waals surface area contributed by atoms with Gasteiger partial charge in [0.2, 0.25) is 0 Å². The van der Waals surface area contributed by atoms with Crippen molar-refractivity contribution in [2.75, 3.05) is 30.8 Å². The van der Waals surface area contributed by atoms with Gasteiger partial charge < -0.3 is 20.3 Å². The van der Waals surface area contributed by atoms with E-state index in [-0.39, 0.29) is 11.8 Å². The van der Waals surface area contributed by atoms with Gasteiger partial charge in [-0.1, -0.05) is 36.4 Å². The van der Waals surface area contributed by atoms with Crippen molar-refractivity contribution in [2.24, 2.45) is 0 Å². The maximum atomic E-state index is 12.5. The van der Waals surface area contributed by atoms with Crippen LogP contribution in [0.15, 0.2) is 72.8 Å². The number of ether oxygens (including phenoxy) is 1. The summed E-state index contributed by atoms with van der Waals surface area (Å²) in [7, 11) is 1.56. The standard InChI is InChI=1S/C25H25N3O3/c1-31-23-9-5-4-8-22(23)27-25(30)19-10-12-21(13-11-19)26-24(29)17-28-15-14-18-6-2-3-7-20(18)16-28/h2-13H,14-17H2,1H3,(H,26,29)(H,27,30)/p+1. The summed E-state index contributed by atoms with van der Waals surface area (Å²) in [5.41, 5.74) is 4.49. The molecule has 0 aliphatic carbocycles. The van der Waals surface area contributed by atoms with Crippen LogP contribution in [0.25, 0.3) is 0 Å². The van der Waals surface area contributed by atoms with Crippen LogP contribution in [-0.2, 0) is 17.8 Å². The highest BCUT2D eigenvalue weighted by molar-refractivity contribution is 6.05. The molecule has 1 aliphatic rings. The molecule has 31 heavy (non-hydrogen) atoms. The van der Waals surface area contributed by atoms with Gasteiger partial charge >= 0.3 is 0 Å². The summed E-state index contributed by atoms with van der Waals surface area (Å²) in [6, 6.07) is 22.6. The molecule has 3 aromatic carbocycles. The van der Waals surface area contributed by atoms with E-state index in [0.29, 0.717) is 29.2 Å². The van der Waals surface area contributed by atoms with Crippen molar-refractivity contribution >= 4 is 23.2 Å². The number of rotatable bonds is 6. The molecule has 6 nitrogen and oxygen atoms in total. The third-order valence-electron chi connectivity index (χ3n) is 5.50. The van der Waals surface area contributed by atoms with Gasteiger partial charge in [-0.3, -0.25) is 9.59 Å². The summed E-state index contributed by atoms with van der Waals surface area (Å²) < 4.78 is 5.26. The van der Waals surface area contributed by atoms with Gasteiger partial charge in [0.15, 0.2) is 6.54 Å². The van der Waals surface area contributed by atoms with Crippen LogP contribution >= 0.6 is 0 Å². The maximum absolute atomic E-state index is 12.5. The second kappa shape index (κ2) is 9.45. The predicted molar refractivity (Wildman–Crippen MR) is 121 cm³/mol. The largest absolute Gasteiger partial charge is 0.495 e. The number of hydrogen-bond acceptors (Lipinski definition) is 3. The Balaban J connectivity index is 1.32. The summed E-state index contributed by atoms with van der Waals surface area (Å²) in [5, 5.41) is 5.78. The molecule has 6 heteroatoms. The molecule has 1 heterocycles. The number of methoxy groups -OCH3 is 1. The molecule has 1 aliphatic heterocycles. The predicted octanol–water partition coefficient (Wildman–Crippen LogP) is 2.53. The van der Waals surface area contributed by atoms with Crippen molar-refractivity contribution in [3.05, 3.63) is 89.5 Å². The fraction of sp³-hybridized carbons (Fsp3) is 0.200. The molecule has 4 rings (SSSR count). The molecule has 0 fully saturated rings. The summed E-state index contributed by atoms with van der Waals surface area (Å²) in [6.07, 6.45) is 0.995. The highest BCUT2D eigenvalue weighted by atomic mass is 16.5. The maximum Gasteiger partial charge on any atom is 0.279 e. The highest BCUT2D eigenvalue weighted by Gasteiger charge is 2.21. The minimum Gasteiger partial charge on any atom is -0.495 e. The summed E-state index contributed by atoms with van der Waals surface area (Å²) >= 11 is 0. The molecule has 3 aromatic rings. The number of nitrogens with one attached hydrogen (secondary N) is 3. The van der Waals surface area contributed by atoms with Gasteiger partial charge in [-0.25, -0.2) is 0 Å². The lowest BCUT2D eigenvalue weighted by Gasteiger charge is -2.25. The highest BCUT2D eigenvalue weighted by Crippen LogP contribution is 2.23. The monoisotopic (exact) mass is 416 g/mol. The molecule has 0 radical (unpaired) electrons. The number of amides is 2. The second-order valence-electron chi connectivity index (χ2n) is 7.65. The van der Waals surface area contributed by atoms with Gasteiger partial charge in [0.1, 0.15) is 12.3 Å². The third-order valence-corrected chi connectivity index (χ3v) is 5.50. The normalized spacial score (nSPS) is 14.9. The van der Waals surface area contributed by atoms with E-state index >= 15 is 0 Å². The first kappa shape index (κ1) is 20.6. The first-order valence-electron chi connectivity index (χ1n) is 10.4. The van der Waals surface area contributed by atoms with Crippen molar-refractivity contribution in [1.82, 2.24) is 0 Å². The first-order chi connectivity index (χ1) is 15.1. The molecule has 3 N–H and O–H groups in total. The Labute approximate surface area is 181 Å². The Morgan fingerprint density at radius 2 is 1.61 bits per heavy atom. The van der Waals surface area contributed by atoms with Gasteiger partial charge in [0.25, 0.3) is 11.8 Å². The van der Waals surface area contributed by atoms with E-state index in [1.165, 1.54) is 16.0 Å². The van der Waals surface area contributed by atoms with Gasteiger partial charge in [-0.2, -0.15) is 0 Å². The lowest BCUT2D eigenvalue weighted by Crippen LogP contribution is -3.12. The van der Waals surface area contributed by atoms with Crippen LogP contribution in [0, 0.1) is 0 Å². The summed E-state index contributed by atoms with van der Waals surface area (Å²) in [4.78, 5) is 26.3. The first-order valence-corrected chi connectivity index (χ1v) is 10.4. The van der Waals surface area contributed by atoms with Gasteiger partial charge in [-0.05, 0) is 42.0 Å². The number of carbonyl (C=O) groups excluding carboxylic acids is 2. The third kappa shape index (κ3) is 5.10. The SMILES string of the molecule is COc1ccccc1NC(=O)c1ccc(NC(=O)C[NH+]2CCc3ccccc3C2)cc1. The molecule has 0 spiro atoms. The van der Waals surface area contributed by atoms with Crippen LogP contribution < -0.4 is 20.3 Å². The molecular formula is C25H26N3O3+. The van der Waals surface area contributed by atoms with Crippen LogP contribution in [0.2, 0.25) is 0 Å². The zero-order valence-electron chi connectivity index (χ0n) is 17.5. The quantitative estimate of drug-likeness (QED) is 0.578. The molecule has 158 valence electrons. The Kier molecular flexibility index (Phi) is 6.29. The molecule has 1 unspecified atom stereocenters. The Morgan fingerprint density at radius 3 is 2.39 bits per heavy atom. The van der Waals surface area contributed by atoms with Crippen molar-refractivity contribution in [1.29, 1.82) is 0 Å².